The molecule has 15 heteroatoms. The summed E-state index contributed by atoms with van der Waals surface area (Å²) in [6.07, 6.45) is -3.42. The number of fused-ring (bicyclic) bond motifs is 1. The fourth-order valence-corrected chi connectivity index (χ4v) is 4.52. The van der Waals surface area contributed by atoms with Crippen LogP contribution in [-0.4, -0.2) is 81.3 Å². The quantitative estimate of drug-likeness (QED) is 0.232. The molecule has 2 aromatic rings. The van der Waals surface area contributed by atoms with Crippen molar-refractivity contribution in [3.63, 3.8) is 0 Å². The molecule has 1 saturated heterocycles. The Morgan fingerprint density at radius 2 is 2.11 bits per heavy atom. The van der Waals surface area contributed by atoms with E-state index in [0.29, 0.717) is 11.3 Å². The van der Waals surface area contributed by atoms with Gasteiger partial charge in [-0.1, -0.05) is 11.7 Å². The van der Waals surface area contributed by atoms with E-state index in [4.69, 9.17) is 19.7 Å². The maximum atomic E-state index is 16.3. The minimum absolute atomic E-state index is 0.00761. The number of anilines is 2. The molecule has 1 fully saturated rings. The third-order valence-corrected chi connectivity index (χ3v) is 6.54. The highest BCUT2D eigenvalue weighted by atomic mass is 31.1. The van der Waals surface area contributed by atoms with E-state index < -0.39 is 50.9 Å². The van der Waals surface area contributed by atoms with Crippen LogP contribution in [0.25, 0.3) is 11.2 Å². The number of hydrogen-bond donors (Lipinski definition) is 3. The first-order valence-electron chi connectivity index (χ1n) is 11.2. The highest BCUT2D eigenvalue weighted by Crippen LogP contribution is 2.47. The standard InChI is InChI=1S/C21H32FN7O6P/c1-10(2)21(22)15(30)13(8-33-36(32)27-12(5)18(31)34-11(3)4)35-19(21)29-9-24-14-16(28(6)7)25-20(23)26-17(14)29/h9,11-13,15,19,30H,1,8H2,2-7H3,(H,27,32)(H2,23,25,26)/q+1. The molecule has 0 aliphatic carbocycles. The number of halogens is 1. The molecule has 13 nitrogen and oxygen atoms in total. The van der Waals surface area contributed by atoms with Gasteiger partial charge in [-0.05, 0) is 37.8 Å². The van der Waals surface area contributed by atoms with Crippen molar-refractivity contribution in [1.82, 2.24) is 24.6 Å². The van der Waals surface area contributed by atoms with Gasteiger partial charge in [0, 0.05) is 14.1 Å². The molecular formula is C21H32FN7O6P+. The van der Waals surface area contributed by atoms with Crippen molar-refractivity contribution in [2.45, 2.75) is 63.9 Å². The van der Waals surface area contributed by atoms with Gasteiger partial charge in [-0.3, -0.25) is 9.36 Å². The monoisotopic (exact) mass is 528 g/mol. The van der Waals surface area contributed by atoms with Crippen molar-refractivity contribution >= 4 is 37.1 Å². The molecule has 0 bridgehead atoms. The first-order valence-corrected chi connectivity index (χ1v) is 12.4. The van der Waals surface area contributed by atoms with Crippen LogP contribution in [-0.2, 0) is 23.4 Å². The fraction of sp³-hybridized carbons (Fsp3) is 0.619. The Labute approximate surface area is 208 Å². The number of alkyl halides is 1. The number of nitrogens with two attached hydrogens (primary N) is 1. The topological polar surface area (TPSA) is 167 Å². The zero-order valence-corrected chi connectivity index (χ0v) is 21.9. The molecule has 6 unspecified atom stereocenters. The molecule has 1 aliphatic rings. The zero-order valence-electron chi connectivity index (χ0n) is 21.0. The number of nitrogens with one attached hydrogen (secondary N) is 1. The summed E-state index contributed by atoms with van der Waals surface area (Å²) >= 11 is 0. The van der Waals surface area contributed by atoms with E-state index in [0.717, 1.165) is 0 Å². The predicted octanol–water partition coefficient (Wildman–Crippen LogP) is 1.62. The van der Waals surface area contributed by atoms with E-state index in [1.54, 1.807) is 32.8 Å². The molecule has 4 N–H and O–H groups in total. The number of aliphatic hydroxyl groups excluding tert-OH is 1. The highest BCUT2D eigenvalue weighted by molar-refractivity contribution is 7.36. The van der Waals surface area contributed by atoms with E-state index in [2.05, 4.69) is 26.6 Å². The number of hydrogen-bond acceptors (Lipinski definition) is 11. The van der Waals surface area contributed by atoms with E-state index in [9.17, 15) is 14.5 Å². The van der Waals surface area contributed by atoms with Gasteiger partial charge in [0.25, 0.3) is 0 Å². The van der Waals surface area contributed by atoms with Gasteiger partial charge in [-0.2, -0.15) is 9.97 Å². The van der Waals surface area contributed by atoms with Crippen LogP contribution in [0.5, 0.6) is 0 Å². The first kappa shape index (κ1) is 27.8. The average molecular weight is 529 g/mol. The smallest absolute Gasteiger partial charge is 0.462 e. The molecule has 0 saturated carbocycles. The van der Waals surface area contributed by atoms with Crippen molar-refractivity contribution in [2.75, 3.05) is 31.3 Å². The number of aromatic nitrogens is 4. The van der Waals surface area contributed by atoms with Gasteiger partial charge in [0.1, 0.15) is 24.9 Å². The maximum absolute atomic E-state index is 16.3. The number of ether oxygens (including phenoxy) is 2. The summed E-state index contributed by atoms with van der Waals surface area (Å²) in [5.74, 6) is -0.244. The van der Waals surface area contributed by atoms with Crippen molar-refractivity contribution in [3.05, 3.63) is 18.5 Å². The molecule has 0 radical (unpaired) electrons. The van der Waals surface area contributed by atoms with Crippen molar-refractivity contribution < 1.29 is 32.9 Å². The summed E-state index contributed by atoms with van der Waals surface area (Å²) in [6, 6.07) is -0.915. The summed E-state index contributed by atoms with van der Waals surface area (Å²) in [5, 5.41) is 13.3. The van der Waals surface area contributed by atoms with Gasteiger partial charge < -0.3 is 25.2 Å². The second-order valence-corrected chi connectivity index (χ2v) is 10.1. The predicted molar refractivity (Wildman–Crippen MR) is 130 cm³/mol. The third kappa shape index (κ3) is 5.32. The number of carbonyl (C=O) groups is 1. The van der Waals surface area contributed by atoms with Crippen LogP contribution >= 0.6 is 8.18 Å². The van der Waals surface area contributed by atoms with Crippen molar-refractivity contribution in [3.8, 4) is 0 Å². The van der Waals surface area contributed by atoms with E-state index in [-0.39, 0.29) is 23.3 Å². The SMILES string of the molecule is C=C(C)C1(F)C(O)C(CO[P+](=O)NC(C)C(=O)OC(C)C)OC1n1cnc2c(N(C)C)nc(N)nc21. The molecule has 3 rings (SSSR count). The van der Waals surface area contributed by atoms with Crippen LogP contribution < -0.4 is 15.7 Å². The number of esters is 1. The molecule has 2 aromatic heterocycles. The second-order valence-electron chi connectivity index (χ2n) is 9.03. The lowest BCUT2D eigenvalue weighted by Crippen LogP contribution is -2.44. The number of aliphatic hydroxyl groups is 1. The molecule has 3 heterocycles. The number of nitrogen functional groups attached to an aromatic ring is 1. The molecular weight excluding hydrogens is 496 g/mol. The Hall–Kier alpha value is -2.77. The molecule has 0 aromatic carbocycles. The maximum Gasteiger partial charge on any atom is 0.613 e. The minimum Gasteiger partial charge on any atom is -0.462 e. The average Bonchev–Trinajstić information content (AvgIpc) is 3.30. The molecule has 198 valence electrons. The zero-order chi connectivity index (χ0) is 26.9. The van der Waals surface area contributed by atoms with E-state index in [1.165, 1.54) is 24.7 Å². The number of rotatable bonds is 10. The third-order valence-electron chi connectivity index (χ3n) is 5.56. The van der Waals surface area contributed by atoms with Crippen LogP contribution in [0, 0.1) is 0 Å². The first-order chi connectivity index (χ1) is 16.8. The Kier molecular flexibility index (Phi) is 8.26. The molecule has 1 aliphatic heterocycles. The Morgan fingerprint density at radius 1 is 1.44 bits per heavy atom. The Bertz CT molecular complexity index is 1160. The van der Waals surface area contributed by atoms with Crippen LogP contribution in [0.15, 0.2) is 18.5 Å². The summed E-state index contributed by atoms with van der Waals surface area (Å²) in [6.45, 7) is 9.51. The lowest BCUT2D eigenvalue weighted by atomic mass is 9.89. The van der Waals surface area contributed by atoms with Crippen molar-refractivity contribution in [2.24, 2.45) is 0 Å². The summed E-state index contributed by atoms with van der Waals surface area (Å²) in [5.41, 5.74) is 3.93. The number of imidazole rings is 1. The number of carbonyl (C=O) groups excluding carboxylic acids is 1. The van der Waals surface area contributed by atoms with Gasteiger partial charge in [0.15, 0.2) is 23.2 Å². The lowest BCUT2D eigenvalue weighted by molar-refractivity contribution is -0.149. The van der Waals surface area contributed by atoms with Crippen LogP contribution in [0.4, 0.5) is 16.2 Å². The fourth-order valence-electron chi connectivity index (χ4n) is 3.74. The molecule has 0 amide bonds. The lowest BCUT2D eigenvalue weighted by Gasteiger charge is -2.29. The largest absolute Gasteiger partial charge is 0.613 e. The Morgan fingerprint density at radius 3 is 2.69 bits per heavy atom. The van der Waals surface area contributed by atoms with Gasteiger partial charge in [0.05, 0.1) is 12.4 Å². The highest BCUT2D eigenvalue weighted by Gasteiger charge is 2.59. The van der Waals surface area contributed by atoms with Gasteiger partial charge >= 0.3 is 14.1 Å². The van der Waals surface area contributed by atoms with Gasteiger partial charge in [0.2, 0.25) is 11.6 Å². The van der Waals surface area contributed by atoms with E-state index >= 15 is 4.39 Å². The molecule has 6 atom stereocenters. The van der Waals surface area contributed by atoms with Gasteiger partial charge in [-0.15, -0.1) is 4.52 Å². The normalized spacial score (nSPS) is 25.2. The van der Waals surface area contributed by atoms with Crippen LogP contribution in [0.1, 0.15) is 33.9 Å². The summed E-state index contributed by atoms with van der Waals surface area (Å²) < 4.78 is 46.1. The number of nitrogens with zero attached hydrogens (tertiary/aromatic N) is 5. The Balaban J connectivity index is 1.82. The molecule has 0 spiro atoms. The van der Waals surface area contributed by atoms with E-state index in [1.807, 2.05) is 0 Å². The van der Waals surface area contributed by atoms with Crippen molar-refractivity contribution in [1.29, 1.82) is 0 Å². The summed E-state index contributed by atoms with van der Waals surface area (Å²) in [7, 11) is 0.930. The van der Waals surface area contributed by atoms with Gasteiger partial charge in [-0.25, -0.2) is 9.37 Å². The second kappa shape index (κ2) is 10.7. The van der Waals surface area contributed by atoms with Crippen LogP contribution in [0.3, 0.4) is 0 Å². The van der Waals surface area contributed by atoms with Crippen LogP contribution in [0.2, 0.25) is 0 Å². The summed E-state index contributed by atoms with van der Waals surface area (Å²) in [4.78, 5) is 26.2. The minimum atomic E-state index is -2.56. The molecule has 36 heavy (non-hydrogen) atoms.